The van der Waals surface area contributed by atoms with Crippen molar-refractivity contribution in [2.75, 3.05) is 13.1 Å². The maximum Gasteiger partial charge on any atom is 0.178 e. The van der Waals surface area contributed by atoms with Crippen LogP contribution in [0.1, 0.15) is 36.9 Å². The van der Waals surface area contributed by atoms with E-state index < -0.39 is 0 Å². The Morgan fingerprint density at radius 1 is 1.14 bits per heavy atom. The normalized spacial score (nSPS) is 19.3. The molecule has 0 bridgehead atoms. The Morgan fingerprint density at radius 3 is 2.86 bits per heavy atom. The molecule has 0 spiro atoms. The van der Waals surface area contributed by atoms with Crippen LogP contribution >= 0.6 is 0 Å². The summed E-state index contributed by atoms with van der Waals surface area (Å²) in [5.41, 5.74) is 3.36. The minimum atomic E-state index is 0.752. The maximum atomic E-state index is 4.79. The van der Waals surface area contributed by atoms with Crippen LogP contribution < -0.4 is 0 Å². The maximum absolute atomic E-state index is 4.79. The summed E-state index contributed by atoms with van der Waals surface area (Å²) in [6.07, 6.45) is 10.5. The Hall–Kier alpha value is -1.81. The molecule has 1 aliphatic carbocycles. The number of pyridine rings is 1. The Balaban J connectivity index is 1.52. The van der Waals surface area contributed by atoms with E-state index in [1.54, 1.807) is 6.20 Å². The van der Waals surface area contributed by atoms with Gasteiger partial charge in [0.05, 0.1) is 5.69 Å². The largest absolute Gasteiger partial charge is 0.297 e. The molecule has 114 valence electrons. The lowest BCUT2D eigenvalue weighted by Crippen LogP contribution is -2.34. The van der Waals surface area contributed by atoms with Gasteiger partial charge >= 0.3 is 0 Å². The lowest BCUT2D eigenvalue weighted by atomic mass is 10.0. The summed E-state index contributed by atoms with van der Waals surface area (Å²) in [7, 11) is 0. The first kappa shape index (κ1) is 13.8. The molecule has 4 heteroatoms. The Bertz CT molecular complexity index is 635. The monoisotopic (exact) mass is 294 g/mol. The molecule has 1 fully saturated rings. The summed E-state index contributed by atoms with van der Waals surface area (Å²) < 4.78 is 0. The first-order chi connectivity index (χ1) is 10.9. The van der Waals surface area contributed by atoms with Crippen LogP contribution in [0.25, 0.3) is 11.5 Å². The van der Waals surface area contributed by atoms with Crippen molar-refractivity contribution in [1.29, 1.82) is 0 Å². The second kappa shape index (κ2) is 6.13. The van der Waals surface area contributed by atoms with Crippen molar-refractivity contribution in [2.45, 2.75) is 38.6 Å². The summed E-state index contributed by atoms with van der Waals surface area (Å²) in [5, 5.41) is 0. The molecule has 0 amide bonds. The van der Waals surface area contributed by atoms with Gasteiger partial charge < -0.3 is 0 Å². The minimum Gasteiger partial charge on any atom is -0.297 e. The van der Waals surface area contributed by atoms with Crippen molar-refractivity contribution in [3.05, 3.63) is 41.9 Å². The van der Waals surface area contributed by atoms with Crippen LogP contribution in [0.5, 0.6) is 0 Å². The van der Waals surface area contributed by atoms with Crippen LogP contribution in [0.2, 0.25) is 0 Å². The topological polar surface area (TPSA) is 41.9 Å². The van der Waals surface area contributed by atoms with E-state index in [0.717, 1.165) is 36.9 Å². The number of nitrogens with zero attached hydrogens (tertiary/aromatic N) is 4. The third kappa shape index (κ3) is 2.88. The van der Waals surface area contributed by atoms with E-state index in [0.29, 0.717) is 0 Å². The lowest BCUT2D eigenvalue weighted by molar-refractivity contribution is 0.211. The number of aromatic nitrogens is 3. The molecule has 2 aromatic heterocycles. The van der Waals surface area contributed by atoms with Crippen molar-refractivity contribution in [1.82, 2.24) is 19.9 Å². The van der Waals surface area contributed by atoms with Gasteiger partial charge in [-0.1, -0.05) is 18.9 Å². The third-order valence-corrected chi connectivity index (χ3v) is 4.91. The minimum absolute atomic E-state index is 0.752. The summed E-state index contributed by atoms with van der Waals surface area (Å²) in [6.45, 7) is 3.35. The molecule has 0 unspecified atom stereocenters. The first-order valence-electron chi connectivity index (χ1n) is 8.37. The van der Waals surface area contributed by atoms with Gasteiger partial charge in [0.25, 0.3) is 0 Å². The van der Waals surface area contributed by atoms with Crippen molar-refractivity contribution >= 4 is 0 Å². The summed E-state index contributed by atoms with van der Waals surface area (Å²) in [5.74, 6) is 1.65. The average Bonchev–Trinajstić information content (AvgIpc) is 3.08. The fourth-order valence-electron chi connectivity index (χ4n) is 3.69. The highest BCUT2D eigenvalue weighted by molar-refractivity contribution is 5.49. The summed E-state index contributed by atoms with van der Waals surface area (Å²) in [6, 6.07) is 5.88. The van der Waals surface area contributed by atoms with Crippen molar-refractivity contribution in [3.8, 4) is 11.5 Å². The van der Waals surface area contributed by atoms with Gasteiger partial charge in [0, 0.05) is 32.0 Å². The van der Waals surface area contributed by atoms with Crippen LogP contribution in [-0.2, 0) is 13.0 Å². The van der Waals surface area contributed by atoms with Crippen molar-refractivity contribution in [2.24, 2.45) is 5.92 Å². The van der Waals surface area contributed by atoms with Gasteiger partial charge in [0.2, 0.25) is 0 Å². The molecule has 3 heterocycles. The zero-order chi connectivity index (χ0) is 14.8. The van der Waals surface area contributed by atoms with E-state index >= 15 is 0 Å². The Kier molecular flexibility index (Phi) is 3.85. The van der Waals surface area contributed by atoms with Gasteiger partial charge in [-0.2, -0.15) is 0 Å². The highest BCUT2D eigenvalue weighted by atomic mass is 15.1. The predicted octanol–water partition coefficient (Wildman–Crippen LogP) is 3.09. The van der Waals surface area contributed by atoms with Gasteiger partial charge in [-0.3, -0.25) is 9.88 Å². The predicted molar refractivity (Wildman–Crippen MR) is 86.2 cm³/mol. The second-order valence-corrected chi connectivity index (χ2v) is 6.52. The van der Waals surface area contributed by atoms with Crippen molar-refractivity contribution < 1.29 is 0 Å². The van der Waals surface area contributed by atoms with E-state index in [2.05, 4.69) is 14.9 Å². The van der Waals surface area contributed by atoms with Crippen LogP contribution in [0.3, 0.4) is 0 Å². The van der Waals surface area contributed by atoms with Gasteiger partial charge in [0.15, 0.2) is 5.82 Å². The molecule has 1 saturated carbocycles. The van der Waals surface area contributed by atoms with Crippen molar-refractivity contribution in [3.63, 3.8) is 0 Å². The van der Waals surface area contributed by atoms with Crippen LogP contribution in [0.4, 0.5) is 0 Å². The molecule has 22 heavy (non-hydrogen) atoms. The quantitative estimate of drug-likeness (QED) is 0.872. The fraction of sp³-hybridized carbons (Fsp3) is 0.500. The molecule has 0 atom stereocenters. The van der Waals surface area contributed by atoms with E-state index in [1.165, 1.54) is 43.5 Å². The zero-order valence-corrected chi connectivity index (χ0v) is 12.9. The smallest absolute Gasteiger partial charge is 0.178 e. The Morgan fingerprint density at radius 2 is 2.05 bits per heavy atom. The number of rotatable bonds is 3. The molecular weight excluding hydrogens is 272 g/mol. The summed E-state index contributed by atoms with van der Waals surface area (Å²) in [4.78, 5) is 16.2. The van der Waals surface area contributed by atoms with E-state index in [9.17, 15) is 0 Å². The van der Waals surface area contributed by atoms with Crippen LogP contribution in [-0.4, -0.2) is 32.9 Å². The molecule has 0 aromatic carbocycles. The molecule has 0 radical (unpaired) electrons. The molecule has 2 aliphatic rings. The molecular formula is C18H22N4. The van der Waals surface area contributed by atoms with Gasteiger partial charge in [-0.15, -0.1) is 0 Å². The van der Waals surface area contributed by atoms with E-state index in [-0.39, 0.29) is 0 Å². The molecule has 1 aliphatic heterocycles. The lowest BCUT2D eigenvalue weighted by Gasteiger charge is -2.30. The van der Waals surface area contributed by atoms with Gasteiger partial charge in [0.1, 0.15) is 5.69 Å². The highest BCUT2D eigenvalue weighted by Crippen LogP contribution is 2.27. The first-order valence-corrected chi connectivity index (χ1v) is 8.37. The SMILES string of the molecule is c1ccc(-c2ncc3c(n2)CN(CC2CCCC2)CC3)nc1. The van der Waals surface area contributed by atoms with Crippen LogP contribution in [0, 0.1) is 5.92 Å². The van der Waals surface area contributed by atoms with Gasteiger partial charge in [-0.25, -0.2) is 9.97 Å². The average molecular weight is 294 g/mol. The number of hydrogen-bond donors (Lipinski definition) is 0. The standard InChI is InChI=1S/C18H22N4/c1-2-6-14(5-1)12-22-10-8-15-11-20-18(21-17(15)13-22)16-7-3-4-9-19-16/h3-4,7,9,11,14H,1-2,5-6,8,10,12-13H2. The molecule has 0 saturated heterocycles. The van der Waals surface area contributed by atoms with Gasteiger partial charge in [-0.05, 0) is 42.9 Å². The molecule has 0 N–H and O–H groups in total. The molecule has 4 nitrogen and oxygen atoms in total. The number of hydrogen-bond acceptors (Lipinski definition) is 4. The fourth-order valence-corrected chi connectivity index (χ4v) is 3.69. The van der Waals surface area contributed by atoms with Crippen LogP contribution in [0.15, 0.2) is 30.6 Å². The molecule has 2 aromatic rings. The second-order valence-electron chi connectivity index (χ2n) is 6.52. The third-order valence-electron chi connectivity index (χ3n) is 4.91. The number of fused-ring (bicyclic) bond motifs is 1. The Labute approximate surface area is 131 Å². The highest BCUT2D eigenvalue weighted by Gasteiger charge is 2.23. The zero-order valence-electron chi connectivity index (χ0n) is 12.9. The van der Waals surface area contributed by atoms with E-state index in [1.807, 2.05) is 24.4 Å². The summed E-state index contributed by atoms with van der Waals surface area (Å²) >= 11 is 0. The van der Waals surface area contributed by atoms with E-state index in [4.69, 9.17) is 4.98 Å². The molecule has 4 rings (SSSR count).